The number of aromatic nitrogens is 4. The van der Waals surface area contributed by atoms with E-state index in [-0.39, 0.29) is 23.8 Å². The molecule has 2 aromatic carbocycles. The third kappa shape index (κ3) is 4.03. The summed E-state index contributed by atoms with van der Waals surface area (Å²) in [4.78, 5) is 31.8. The number of benzene rings is 2. The van der Waals surface area contributed by atoms with E-state index < -0.39 is 5.60 Å². The van der Waals surface area contributed by atoms with E-state index in [0.717, 1.165) is 0 Å². The predicted octanol–water partition coefficient (Wildman–Crippen LogP) is 2.39. The fraction of sp³-hybridized carbons (Fsp3) is 0.250. The Labute approximate surface area is 188 Å². The molecule has 1 N–H and O–H groups in total. The summed E-state index contributed by atoms with van der Waals surface area (Å²) < 4.78 is 16.1. The first-order chi connectivity index (χ1) is 15.9. The standard InChI is InChI=1S/C24H22FN5O3/c25-18-6-8-19(9-7-18)30-21-20(14-27-30)23(32)29(16-26-21)15-24(33)10-12-28(13-11-24)22(31)17-4-2-1-3-5-17/h1-9,14,16,33H,10-13,15H2. The van der Waals surface area contributed by atoms with Crippen LogP contribution in [0.1, 0.15) is 23.2 Å². The van der Waals surface area contributed by atoms with Crippen molar-refractivity contribution in [2.45, 2.75) is 25.0 Å². The zero-order valence-corrected chi connectivity index (χ0v) is 17.8. The van der Waals surface area contributed by atoms with Crippen molar-refractivity contribution in [2.24, 2.45) is 0 Å². The molecule has 2 aromatic heterocycles. The van der Waals surface area contributed by atoms with Gasteiger partial charge in [0.1, 0.15) is 17.5 Å². The van der Waals surface area contributed by atoms with E-state index in [4.69, 9.17) is 0 Å². The highest BCUT2D eigenvalue weighted by Crippen LogP contribution is 2.25. The topological polar surface area (TPSA) is 93.2 Å². The minimum absolute atomic E-state index is 0.0638. The Bertz CT molecular complexity index is 1360. The van der Waals surface area contributed by atoms with Gasteiger partial charge >= 0.3 is 0 Å². The van der Waals surface area contributed by atoms with Crippen molar-refractivity contribution in [1.82, 2.24) is 24.2 Å². The summed E-state index contributed by atoms with van der Waals surface area (Å²) >= 11 is 0. The largest absolute Gasteiger partial charge is 0.388 e. The number of piperidine rings is 1. The molecule has 8 nitrogen and oxygen atoms in total. The summed E-state index contributed by atoms with van der Waals surface area (Å²) in [6.45, 7) is 0.873. The summed E-state index contributed by atoms with van der Waals surface area (Å²) in [6.07, 6.45) is 3.53. The first-order valence-corrected chi connectivity index (χ1v) is 10.7. The van der Waals surface area contributed by atoms with Crippen LogP contribution in [0.2, 0.25) is 0 Å². The van der Waals surface area contributed by atoms with Crippen molar-refractivity contribution >= 4 is 16.9 Å². The molecule has 0 radical (unpaired) electrons. The van der Waals surface area contributed by atoms with Gasteiger partial charge in [-0.25, -0.2) is 14.1 Å². The van der Waals surface area contributed by atoms with Gasteiger partial charge in [0.25, 0.3) is 11.5 Å². The Kier molecular flexibility index (Phi) is 5.26. The van der Waals surface area contributed by atoms with Crippen LogP contribution in [0.15, 0.2) is 71.9 Å². The molecule has 1 aliphatic rings. The summed E-state index contributed by atoms with van der Waals surface area (Å²) in [5.41, 5.74) is 0.124. The fourth-order valence-electron chi connectivity index (χ4n) is 4.20. The lowest BCUT2D eigenvalue weighted by atomic mass is 9.91. The highest BCUT2D eigenvalue weighted by molar-refractivity contribution is 5.94. The summed E-state index contributed by atoms with van der Waals surface area (Å²) in [6, 6.07) is 14.8. The molecular formula is C24H22FN5O3. The van der Waals surface area contributed by atoms with Gasteiger partial charge in [-0.2, -0.15) is 5.10 Å². The lowest BCUT2D eigenvalue weighted by Crippen LogP contribution is -2.49. The van der Waals surface area contributed by atoms with Crippen LogP contribution in [0.3, 0.4) is 0 Å². The summed E-state index contributed by atoms with van der Waals surface area (Å²) in [5, 5.41) is 15.7. The third-order valence-corrected chi connectivity index (χ3v) is 6.09. The average Bonchev–Trinajstić information content (AvgIpc) is 3.27. The Balaban J connectivity index is 1.33. The van der Waals surface area contributed by atoms with Crippen LogP contribution >= 0.6 is 0 Å². The Morgan fingerprint density at radius 3 is 2.45 bits per heavy atom. The molecule has 1 saturated heterocycles. The third-order valence-electron chi connectivity index (χ3n) is 6.09. The van der Waals surface area contributed by atoms with Crippen molar-refractivity contribution < 1.29 is 14.3 Å². The molecule has 4 aromatic rings. The van der Waals surface area contributed by atoms with Gasteiger partial charge in [0.05, 0.1) is 24.0 Å². The van der Waals surface area contributed by atoms with Gasteiger partial charge < -0.3 is 10.0 Å². The molecule has 1 aliphatic heterocycles. The van der Waals surface area contributed by atoms with Crippen LogP contribution < -0.4 is 5.56 Å². The van der Waals surface area contributed by atoms with E-state index in [1.807, 2.05) is 18.2 Å². The van der Waals surface area contributed by atoms with Crippen molar-refractivity contribution in [2.75, 3.05) is 13.1 Å². The second-order valence-corrected chi connectivity index (χ2v) is 8.33. The van der Waals surface area contributed by atoms with Crippen molar-refractivity contribution in [1.29, 1.82) is 0 Å². The molecule has 0 unspecified atom stereocenters. The molecular weight excluding hydrogens is 425 g/mol. The Morgan fingerprint density at radius 1 is 1.06 bits per heavy atom. The lowest BCUT2D eigenvalue weighted by molar-refractivity contribution is -0.0299. The highest BCUT2D eigenvalue weighted by Gasteiger charge is 2.35. The molecule has 168 valence electrons. The smallest absolute Gasteiger partial charge is 0.264 e. The second kappa shape index (κ2) is 8.25. The number of hydrogen-bond donors (Lipinski definition) is 1. The van der Waals surface area contributed by atoms with Crippen LogP contribution in [-0.2, 0) is 6.54 Å². The number of amides is 1. The molecule has 5 rings (SSSR count). The molecule has 9 heteroatoms. The average molecular weight is 447 g/mol. The molecule has 0 aliphatic carbocycles. The normalized spacial score (nSPS) is 15.6. The van der Waals surface area contributed by atoms with Crippen LogP contribution in [0.25, 0.3) is 16.7 Å². The maximum absolute atomic E-state index is 13.2. The zero-order valence-electron chi connectivity index (χ0n) is 17.8. The highest BCUT2D eigenvalue weighted by atomic mass is 19.1. The summed E-state index contributed by atoms with van der Waals surface area (Å²) in [5.74, 6) is -0.429. The molecule has 0 spiro atoms. The van der Waals surface area contributed by atoms with E-state index in [1.54, 1.807) is 29.2 Å². The van der Waals surface area contributed by atoms with E-state index in [1.165, 1.54) is 33.9 Å². The molecule has 0 bridgehead atoms. The predicted molar refractivity (Wildman–Crippen MR) is 120 cm³/mol. The number of hydrogen-bond acceptors (Lipinski definition) is 5. The van der Waals surface area contributed by atoms with Gasteiger partial charge in [-0.3, -0.25) is 14.2 Å². The zero-order chi connectivity index (χ0) is 23.0. The Hall–Kier alpha value is -3.85. The van der Waals surface area contributed by atoms with Crippen LogP contribution in [-0.4, -0.2) is 53.9 Å². The number of halogens is 1. The Morgan fingerprint density at radius 2 is 1.76 bits per heavy atom. The minimum atomic E-state index is -1.13. The lowest BCUT2D eigenvalue weighted by Gasteiger charge is -2.38. The number of likely N-dealkylation sites (tertiary alicyclic amines) is 1. The van der Waals surface area contributed by atoms with Gasteiger partial charge in [-0.05, 0) is 49.2 Å². The molecule has 1 amide bonds. The number of aliphatic hydroxyl groups is 1. The number of fused-ring (bicyclic) bond motifs is 1. The van der Waals surface area contributed by atoms with Crippen LogP contribution in [0.4, 0.5) is 4.39 Å². The minimum Gasteiger partial charge on any atom is -0.388 e. The first-order valence-electron chi connectivity index (χ1n) is 10.7. The molecule has 0 saturated carbocycles. The van der Waals surface area contributed by atoms with Crippen LogP contribution in [0, 0.1) is 5.82 Å². The van der Waals surface area contributed by atoms with E-state index >= 15 is 0 Å². The van der Waals surface area contributed by atoms with Gasteiger partial charge in [-0.15, -0.1) is 0 Å². The van der Waals surface area contributed by atoms with Crippen LogP contribution in [0.5, 0.6) is 0 Å². The van der Waals surface area contributed by atoms with Gasteiger partial charge in [-0.1, -0.05) is 18.2 Å². The monoisotopic (exact) mass is 447 g/mol. The second-order valence-electron chi connectivity index (χ2n) is 8.33. The van der Waals surface area contributed by atoms with Gasteiger partial charge in [0.15, 0.2) is 5.65 Å². The molecule has 3 heterocycles. The van der Waals surface area contributed by atoms with Crippen molar-refractivity contribution in [3.05, 3.63) is 88.9 Å². The number of carbonyl (C=O) groups excluding carboxylic acids is 1. The van der Waals surface area contributed by atoms with Gasteiger partial charge in [0, 0.05) is 18.7 Å². The molecule has 1 fully saturated rings. The van der Waals surface area contributed by atoms with E-state index in [9.17, 15) is 19.1 Å². The SMILES string of the molecule is O=C(c1ccccc1)N1CCC(O)(Cn2cnc3c(cnn3-c3ccc(F)cc3)c2=O)CC1. The van der Waals surface area contributed by atoms with Crippen molar-refractivity contribution in [3.8, 4) is 5.69 Å². The first kappa shape index (κ1) is 21.0. The molecule has 0 atom stereocenters. The van der Waals surface area contributed by atoms with Gasteiger partial charge in [0.2, 0.25) is 0 Å². The fourth-order valence-corrected chi connectivity index (χ4v) is 4.20. The maximum Gasteiger partial charge on any atom is 0.264 e. The van der Waals surface area contributed by atoms with Crippen molar-refractivity contribution in [3.63, 3.8) is 0 Å². The quantitative estimate of drug-likeness (QED) is 0.519. The molecule has 33 heavy (non-hydrogen) atoms. The van der Waals surface area contributed by atoms with E-state index in [2.05, 4.69) is 10.1 Å². The summed E-state index contributed by atoms with van der Waals surface area (Å²) in [7, 11) is 0. The van der Waals surface area contributed by atoms with E-state index in [0.29, 0.717) is 48.2 Å². The number of rotatable bonds is 4. The number of carbonyl (C=O) groups is 1. The number of nitrogens with zero attached hydrogens (tertiary/aromatic N) is 5. The maximum atomic E-state index is 13.2.